The minimum Gasteiger partial charge on any atom is -0.356 e. The van der Waals surface area contributed by atoms with Crippen molar-refractivity contribution in [3.63, 3.8) is 0 Å². The molecule has 3 rings (SSSR count). The van der Waals surface area contributed by atoms with Crippen LogP contribution in [0, 0.1) is 6.92 Å². The smallest absolute Gasteiger partial charge is 0.170 e. The Morgan fingerprint density at radius 2 is 1.65 bits per heavy atom. The number of hydrogen-bond acceptors (Lipinski definition) is 2. The van der Waals surface area contributed by atoms with Crippen LogP contribution in [0.15, 0.2) is 75.7 Å². The highest BCUT2D eigenvalue weighted by Gasteiger charge is 2.13. The van der Waals surface area contributed by atoms with E-state index in [1.807, 2.05) is 37.3 Å². The zero-order valence-electron chi connectivity index (χ0n) is 13.0. The Bertz CT molecular complexity index is 788. The molecule has 0 aliphatic rings. The van der Waals surface area contributed by atoms with Crippen molar-refractivity contribution in [2.75, 3.05) is 0 Å². The van der Waals surface area contributed by atoms with Gasteiger partial charge in [0.1, 0.15) is 0 Å². The molecule has 0 saturated carbocycles. The molecule has 0 atom stereocenters. The number of rotatable bonds is 5. The van der Waals surface area contributed by atoms with E-state index in [0.717, 1.165) is 39.9 Å². The van der Waals surface area contributed by atoms with E-state index < -0.39 is 0 Å². The first-order valence-electron chi connectivity index (χ1n) is 7.64. The van der Waals surface area contributed by atoms with Gasteiger partial charge in [0.25, 0.3) is 0 Å². The number of benzene rings is 2. The number of aryl methyl sites for hydroxylation is 1. The number of aromatic nitrogens is 1. The molecule has 0 saturated heterocycles. The van der Waals surface area contributed by atoms with Crippen molar-refractivity contribution in [3.05, 3.63) is 88.0 Å². The molecule has 0 aliphatic carbocycles. The SMILES string of the molecule is Cc1noc(-c2ccc(Br)cc2)c1CC=CCc1ccccc1. The Kier molecular flexibility index (Phi) is 5.09. The molecule has 0 fully saturated rings. The molecular weight excluding hydrogens is 350 g/mol. The van der Waals surface area contributed by atoms with Crippen molar-refractivity contribution in [2.45, 2.75) is 19.8 Å². The largest absolute Gasteiger partial charge is 0.356 e. The van der Waals surface area contributed by atoms with Gasteiger partial charge in [-0.2, -0.15) is 0 Å². The summed E-state index contributed by atoms with van der Waals surface area (Å²) < 4.78 is 6.59. The summed E-state index contributed by atoms with van der Waals surface area (Å²) in [5.41, 5.74) is 4.48. The summed E-state index contributed by atoms with van der Waals surface area (Å²) in [6.07, 6.45) is 6.16. The maximum Gasteiger partial charge on any atom is 0.170 e. The molecule has 116 valence electrons. The Hall–Kier alpha value is -2.13. The Morgan fingerprint density at radius 3 is 2.39 bits per heavy atom. The second-order valence-electron chi connectivity index (χ2n) is 5.45. The second-order valence-corrected chi connectivity index (χ2v) is 6.36. The summed E-state index contributed by atoms with van der Waals surface area (Å²) in [6.45, 7) is 1.99. The van der Waals surface area contributed by atoms with Gasteiger partial charge in [-0.25, -0.2) is 0 Å². The molecule has 0 radical (unpaired) electrons. The van der Waals surface area contributed by atoms with Gasteiger partial charge in [-0.3, -0.25) is 0 Å². The van der Waals surface area contributed by atoms with Crippen LogP contribution in [-0.4, -0.2) is 5.16 Å². The molecule has 3 aromatic rings. The average molecular weight is 368 g/mol. The third kappa shape index (κ3) is 3.99. The first-order valence-corrected chi connectivity index (χ1v) is 8.43. The van der Waals surface area contributed by atoms with Crippen LogP contribution in [0.3, 0.4) is 0 Å². The third-order valence-electron chi connectivity index (χ3n) is 3.78. The van der Waals surface area contributed by atoms with E-state index in [1.165, 1.54) is 5.56 Å². The van der Waals surface area contributed by atoms with Crippen molar-refractivity contribution < 1.29 is 4.52 Å². The minimum absolute atomic E-state index is 0.827. The van der Waals surface area contributed by atoms with Crippen LogP contribution >= 0.6 is 15.9 Å². The van der Waals surface area contributed by atoms with E-state index in [0.29, 0.717) is 0 Å². The molecule has 2 nitrogen and oxygen atoms in total. The minimum atomic E-state index is 0.827. The lowest BCUT2D eigenvalue weighted by molar-refractivity contribution is 0.427. The number of hydrogen-bond donors (Lipinski definition) is 0. The normalized spacial score (nSPS) is 11.2. The van der Waals surface area contributed by atoms with Gasteiger partial charge >= 0.3 is 0 Å². The predicted molar refractivity (Wildman–Crippen MR) is 97.4 cm³/mol. The average Bonchev–Trinajstić information content (AvgIpc) is 2.94. The molecule has 2 aromatic carbocycles. The predicted octanol–water partition coefficient (Wildman–Crippen LogP) is 5.75. The van der Waals surface area contributed by atoms with Gasteiger partial charge in [0, 0.05) is 15.6 Å². The summed E-state index contributed by atoms with van der Waals surface area (Å²) in [6, 6.07) is 18.6. The molecule has 0 N–H and O–H groups in total. The highest BCUT2D eigenvalue weighted by molar-refractivity contribution is 9.10. The fraction of sp³-hybridized carbons (Fsp3) is 0.150. The van der Waals surface area contributed by atoms with Crippen LogP contribution in [0.25, 0.3) is 11.3 Å². The molecule has 0 aliphatic heterocycles. The van der Waals surface area contributed by atoms with Crippen molar-refractivity contribution >= 4 is 15.9 Å². The molecule has 23 heavy (non-hydrogen) atoms. The summed E-state index contributed by atoms with van der Waals surface area (Å²) in [5, 5.41) is 4.13. The van der Waals surface area contributed by atoms with Crippen molar-refractivity contribution in [2.24, 2.45) is 0 Å². The van der Waals surface area contributed by atoms with E-state index in [1.54, 1.807) is 0 Å². The number of allylic oxidation sites excluding steroid dienone is 2. The second kappa shape index (κ2) is 7.42. The summed E-state index contributed by atoms with van der Waals surface area (Å²) in [7, 11) is 0. The number of halogens is 1. The van der Waals surface area contributed by atoms with E-state index in [9.17, 15) is 0 Å². The Labute approximate surface area is 145 Å². The van der Waals surface area contributed by atoms with Gasteiger partial charge in [0.05, 0.1) is 5.69 Å². The maximum absolute atomic E-state index is 5.54. The first-order chi connectivity index (χ1) is 11.2. The molecular formula is C20H18BrNO. The van der Waals surface area contributed by atoms with Gasteiger partial charge in [-0.15, -0.1) is 0 Å². The zero-order chi connectivity index (χ0) is 16.1. The van der Waals surface area contributed by atoms with Gasteiger partial charge in [-0.1, -0.05) is 75.7 Å². The third-order valence-corrected chi connectivity index (χ3v) is 4.30. The van der Waals surface area contributed by atoms with Crippen LogP contribution in [0.4, 0.5) is 0 Å². The van der Waals surface area contributed by atoms with Crippen LogP contribution in [0.5, 0.6) is 0 Å². The van der Waals surface area contributed by atoms with Crippen LogP contribution < -0.4 is 0 Å². The highest BCUT2D eigenvalue weighted by Crippen LogP contribution is 2.28. The maximum atomic E-state index is 5.54. The van der Waals surface area contributed by atoms with Gasteiger partial charge in [0.2, 0.25) is 0 Å². The first kappa shape index (κ1) is 15.8. The lowest BCUT2D eigenvalue weighted by Gasteiger charge is -2.00. The summed E-state index contributed by atoms with van der Waals surface area (Å²) in [5.74, 6) is 0.861. The highest BCUT2D eigenvalue weighted by atomic mass is 79.9. The molecule has 0 amide bonds. The van der Waals surface area contributed by atoms with Crippen molar-refractivity contribution in [1.82, 2.24) is 5.16 Å². The van der Waals surface area contributed by atoms with E-state index in [4.69, 9.17) is 4.52 Å². The van der Waals surface area contributed by atoms with Crippen LogP contribution in [0.2, 0.25) is 0 Å². The van der Waals surface area contributed by atoms with Gasteiger partial charge in [0.15, 0.2) is 5.76 Å². The topological polar surface area (TPSA) is 26.0 Å². The van der Waals surface area contributed by atoms with Crippen molar-refractivity contribution in [1.29, 1.82) is 0 Å². The molecule has 1 heterocycles. The lowest BCUT2D eigenvalue weighted by atomic mass is 10.0. The summed E-state index contributed by atoms with van der Waals surface area (Å²) in [4.78, 5) is 0. The Balaban J connectivity index is 1.73. The zero-order valence-corrected chi connectivity index (χ0v) is 14.6. The molecule has 0 spiro atoms. The fourth-order valence-electron chi connectivity index (χ4n) is 2.49. The number of nitrogens with zero attached hydrogens (tertiary/aromatic N) is 1. The lowest BCUT2D eigenvalue weighted by Crippen LogP contribution is -1.87. The van der Waals surface area contributed by atoms with E-state index in [2.05, 4.69) is 57.5 Å². The van der Waals surface area contributed by atoms with Gasteiger partial charge in [-0.05, 0) is 37.5 Å². The fourth-order valence-corrected chi connectivity index (χ4v) is 2.76. The Morgan fingerprint density at radius 1 is 0.957 bits per heavy atom. The van der Waals surface area contributed by atoms with Gasteiger partial charge < -0.3 is 4.52 Å². The van der Waals surface area contributed by atoms with Crippen LogP contribution in [-0.2, 0) is 12.8 Å². The molecule has 0 unspecified atom stereocenters. The molecule has 3 heteroatoms. The monoisotopic (exact) mass is 367 g/mol. The van der Waals surface area contributed by atoms with E-state index in [-0.39, 0.29) is 0 Å². The summed E-state index contributed by atoms with van der Waals surface area (Å²) >= 11 is 3.46. The molecule has 1 aromatic heterocycles. The quantitative estimate of drug-likeness (QED) is 0.536. The van der Waals surface area contributed by atoms with E-state index >= 15 is 0 Å². The standard InChI is InChI=1S/C20H18BrNO/c1-15-19(10-6-5-9-16-7-3-2-4-8-16)20(23-22-15)17-11-13-18(21)14-12-17/h2-8,11-14H,9-10H2,1H3. The van der Waals surface area contributed by atoms with Crippen molar-refractivity contribution in [3.8, 4) is 11.3 Å². The van der Waals surface area contributed by atoms with Crippen LogP contribution in [0.1, 0.15) is 16.8 Å². The molecule has 0 bridgehead atoms.